The highest BCUT2D eigenvalue weighted by Gasteiger charge is 2.30. The van der Waals surface area contributed by atoms with Crippen molar-refractivity contribution in [3.05, 3.63) is 52.6 Å². The molecule has 0 bridgehead atoms. The van der Waals surface area contributed by atoms with Crippen LogP contribution in [0.15, 0.2) is 35.5 Å². The van der Waals surface area contributed by atoms with Gasteiger partial charge in [0.2, 0.25) is 11.9 Å². The molecular formula is C27H34N9O2-. The van der Waals surface area contributed by atoms with Crippen molar-refractivity contribution in [2.75, 3.05) is 75.9 Å². The van der Waals surface area contributed by atoms with Crippen molar-refractivity contribution in [3.63, 3.8) is 0 Å². The largest absolute Gasteiger partial charge is 0.657 e. The topological polar surface area (TPSA) is 118 Å². The van der Waals surface area contributed by atoms with E-state index in [0.29, 0.717) is 25.6 Å². The van der Waals surface area contributed by atoms with Gasteiger partial charge in [0, 0.05) is 69.6 Å². The maximum atomic E-state index is 13.0. The summed E-state index contributed by atoms with van der Waals surface area (Å²) in [5, 5.41) is 4.29. The molecule has 4 aliphatic heterocycles. The van der Waals surface area contributed by atoms with Gasteiger partial charge in [-0.15, -0.1) is 0 Å². The molecule has 2 aromatic rings. The van der Waals surface area contributed by atoms with Gasteiger partial charge in [0.15, 0.2) is 0 Å². The van der Waals surface area contributed by atoms with Crippen LogP contribution in [0.1, 0.15) is 16.8 Å². The van der Waals surface area contributed by atoms with E-state index in [9.17, 15) is 4.79 Å². The van der Waals surface area contributed by atoms with Gasteiger partial charge in [-0.3, -0.25) is 9.79 Å². The number of anilines is 3. The first-order chi connectivity index (χ1) is 18.5. The first-order valence-corrected chi connectivity index (χ1v) is 13.3. The molecule has 38 heavy (non-hydrogen) atoms. The van der Waals surface area contributed by atoms with Crippen LogP contribution in [-0.4, -0.2) is 104 Å². The molecule has 4 aliphatic rings. The van der Waals surface area contributed by atoms with Crippen molar-refractivity contribution < 1.29 is 9.53 Å². The number of aromatic nitrogens is 2. The zero-order valence-corrected chi connectivity index (χ0v) is 21.8. The van der Waals surface area contributed by atoms with Gasteiger partial charge in [-0.2, -0.15) is 11.2 Å². The van der Waals surface area contributed by atoms with Gasteiger partial charge >= 0.3 is 0 Å². The molecule has 6 rings (SSSR count). The summed E-state index contributed by atoms with van der Waals surface area (Å²) in [6, 6.07) is 8.27. The van der Waals surface area contributed by atoms with Gasteiger partial charge in [-0.05, 0) is 36.7 Å². The number of likely N-dealkylation sites (N-methyl/N-ethyl adjacent to an activating group) is 1. The molecule has 2 N–H and O–H groups in total. The second-order valence-corrected chi connectivity index (χ2v) is 10.1. The van der Waals surface area contributed by atoms with Crippen LogP contribution in [0.25, 0.3) is 10.9 Å². The fourth-order valence-electron chi connectivity index (χ4n) is 5.32. The second kappa shape index (κ2) is 10.7. The number of ether oxygens (including phenoxy) is 1. The van der Waals surface area contributed by atoms with E-state index in [-0.39, 0.29) is 5.91 Å². The molecule has 11 nitrogen and oxygen atoms in total. The van der Waals surface area contributed by atoms with Crippen molar-refractivity contribution in [1.82, 2.24) is 19.8 Å². The quantitative estimate of drug-likeness (QED) is 0.633. The summed E-state index contributed by atoms with van der Waals surface area (Å²) in [6.45, 7) is 6.97. The summed E-state index contributed by atoms with van der Waals surface area (Å²) in [5.41, 5.74) is 10.6. The Balaban J connectivity index is 1.30. The molecule has 2 fully saturated rings. The number of morpholine rings is 1. The molecule has 5 heterocycles. The number of allylic oxidation sites excluding steroid dienone is 1. The zero-order chi connectivity index (χ0) is 26.1. The molecule has 0 spiro atoms. The lowest BCUT2D eigenvalue weighted by Crippen LogP contribution is -2.47. The Morgan fingerprint density at radius 3 is 2.68 bits per heavy atom. The fourth-order valence-corrected chi connectivity index (χ4v) is 5.32. The van der Waals surface area contributed by atoms with Gasteiger partial charge in [-0.25, -0.2) is 4.98 Å². The Morgan fingerprint density at radius 1 is 1.11 bits per heavy atom. The van der Waals surface area contributed by atoms with Gasteiger partial charge in [0.05, 0.1) is 25.3 Å². The van der Waals surface area contributed by atoms with Gasteiger partial charge < -0.3 is 35.4 Å². The first-order valence-electron chi connectivity index (χ1n) is 13.3. The minimum atomic E-state index is -0.569. The Bertz CT molecular complexity index is 1250. The van der Waals surface area contributed by atoms with E-state index in [4.69, 9.17) is 20.4 Å². The van der Waals surface area contributed by atoms with Crippen molar-refractivity contribution in [2.24, 2.45) is 10.7 Å². The van der Waals surface area contributed by atoms with Crippen LogP contribution in [0.5, 0.6) is 0 Å². The van der Waals surface area contributed by atoms with E-state index in [1.165, 1.54) is 0 Å². The molecule has 0 saturated carbocycles. The van der Waals surface area contributed by atoms with Crippen LogP contribution in [0.3, 0.4) is 0 Å². The lowest BCUT2D eigenvalue weighted by atomic mass is 10.1. The lowest BCUT2D eigenvalue weighted by molar-refractivity contribution is -0.132. The van der Waals surface area contributed by atoms with Crippen LogP contribution in [-0.2, 0) is 22.4 Å². The Kier molecular flexibility index (Phi) is 6.96. The molecule has 11 heteroatoms. The van der Waals surface area contributed by atoms with E-state index < -0.39 is 6.29 Å². The molecular weight excluding hydrogens is 482 g/mol. The third-order valence-corrected chi connectivity index (χ3v) is 7.55. The molecule has 200 valence electrons. The number of aliphatic imine (C=N–C) groups is 1. The number of hydrogen-bond donors (Lipinski definition) is 1. The van der Waals surface area contributed by atoms with E-state index >= 15 is 0 Å². The summed E-state index contributed by atoms with van der Waals surface area (Å²) in [5.74, 6) is 1.75. The Hall–Kier alpha value is -3.54. The number of rotatable bonds is 5. The summed E-state index contributed by atoms with van der Waals surface area (Å²) in [7, 11) is 2.10. The van der Waals surface area contributed by atoms with Crippen molar-refractivity contribution >= 4 is 35.1 Å². The second-order valence-electron chi connectivity index (χ2n) is 10.1. The van der Waals surface area contributed by atoms with Crippen LogP contribution in [0.2, 0.25) is 0 Å². The SMILES string of the molecule is CN1CCN(C(=O)Cc2cccc(N3CCc4c(C5=C[N-]C(N)N=C5)nc(N5CCOCC5)nc43)c2)CC1. The number of carbonyl (C=O) groups excluding carboxylic acids is 1. The Labute approximate surface area is 223 Å². The molecule has 1 aromatic heterocycles. The summed E-state index contributed by atoms with van der Waals surface area (Å²) in [6.07, 6.45) is 4.15. The van der Waals surface area contributed by atoms with Crippen LogP contribution in [0.4, 0.5) is 17.5 Å². The Morgan fingerprint density at radius 2 is 1.92 bits per heavy atom. The predicted molar refractivity (Wildman–Crippen MR) is 148 cm³/mol. The number of carbonyl (C=O) groups is 1. The minimum Gasteiger partial charge on any atom is -0.657 e. The van der Waals surface area contributed by atoms with Gasteiger partial charge in [-0.1, -0.05) is 12.1 Å². The van der Waals surface area contributed by atoms with E-state index in [1.54, 1.807) is 12.4 Å². The van der Waals surface area contributed by atoms with Crippen molar-refractivity contribution in [2.45, 2.75) is 19.1 Å². The van der Waals surface area contributed by atoms with Crippen LogP contribution >= 0.6 is 0 Å². The zero-order valence-electron chi connectivity index (χ0n) is 21.8. The number of hydrogen-bond acceptors (Lipinski definition) is 9. The van der Waals surface area contributed by atoms with Gasteiger partial charge in [0.1, 0.15) is 5.82 Å². The third-order valence-electron chi connectivity index (χ3n) is 7.55. The smallest absolute Gasteiger partial charge is 0.228 e. The number of amides is 1. The standard InChI is InChI=1S/C27H34N9O2/c1-33-7-9-34(10-8-33)23(37)16-19-3-2-4-21(15-19)36-6-5-22-24(20-17-29-26(28)30-18-20)31-27(32-25(22)36)35-11-13-38-14-12-35/h2-4,15,17-18,26H,5-14,16,28H2,1H3/q-1. The van der Waals surface area contributed by atoms with Crippen LogP contribution < -0.4 is 15.5 Å². The minimum absolute atomic E-state index is 0.182. The average molecular weight is 517 g/mol. The highest BCUT2D eigenvalue weighted by atomic mass is 16.5. The number of nitrogens with zero attached hydrogens (tertiary/aromatic N) is 8. The number of piperazine rings is 1. The first kappa shape index (κ1) is 24.8. The maximum absolute atomic E-state index is 13.0. The normalized spacial score (nSPS) is 21.8. The summed E-state index contributed by atoms with van der Waals surface area (Å²) < 4.78 is 5.55. The lowest BCUT2D eigenvalue weighted by Gasteiger charge is -2.32. The molecule has 1 aromatic carbocycles. The van der Waals surface area contributed by atoms with Crippen molar-refractivity contribution in [1.29, 1.82) is 0 Å². The highest BCUT2D eigenvalue weighted by Crippen LogP contribution is 2.38. The molecule has 0 radical (unpaired) electrons. The molecule has 0 aliphatic carbocycles. The summed E-state index contributed by atoms with van der Waals surface area (Å²) >= 11 is 0. The molecule has 1 atom stereocenters. The number of nitrogens with two attached hydrogens (primary N) is 1. The number of fused-ring (bicyclic) bond motifs is 1. The van der Waals surface area contributed by atoms with E-state index in [2.05, 4.69) is 44.2 Å². The fraction of sp³-hybridized carbons (Fsp3) is 0.481. The van der Waals surface area contributed by atoms with E-state index in [0.717, 1.165) is 86.1 Å². The van der Waals surface area contributed by atoms with Gasteiger partial charge in [0.25, 0.3) is 0 Å². The monoisotopic (exact) mass is 516 g/mol. The summed E-state index contributed by atoms with van der Waals surface area (Å²) in [4.78, 5) is 35.9. The third kappa shape index (κ3) is 5.09. The predicted octanol–water partition coefficient (Wildman–Crippen LogP) is 1.37. The average Bonchev–Trinajstić information content (AvgIpc) is 3.38. The highest BCUT2D eigenvalue weighted by molar-refractivity contribution is 6.11. The van der Waals surface area contributed by atoms with Crippen molar-refractivity contribution in [3.8, 4) is 0 Å². The molecule has 1 amide bonds. The maximum Gasteiger partial charge on any atom is 0.228 e. The van der Waals surface area contributed by atoms with Crippen LogP contribution in [0, 0.1) is 0 Å². The number of benzene rings is 1. The van der Waals surface area contributed by atoms with E-state index in [1.807, 2.05) is 17.0 Å². The molecule has 1 unspecified atom stereocenters. The molecule has 2 saturated heterocycles.